The van der Waals surface area contributed by atoms with Gasteiger partial charge in [-0.1, -0.05) is 18.2 Å². The number of benzene rings is 1. The Morgan fingerprint density at radius 3 is 2.48 bits per heavy atom. The van der Waals surface area contributed by atoms with Crippen LogP contribution in [0.25, 0.3) is 10.8 Å². The molecule has 1 saturated heterocycles. The summed E-state index contributed by atoms with van der Waals surface area (Å²) in [5.74, 6) is -0.592. The fourth-order valence-corrected chi connectivity index (χ4v) is 3.35. The van der Waals surface area contributed by atoms with Gasteiger partial charge in [-0.05, 0) is 6.07 Å². The molecule has 138 valence electrons. The third-order valence-corrected chi connectivity index (χ3v) is 4.78. The monoisotopic (exact) mass is 367 g/mol. The molecule has 8 heteroatoms. The molecule has 1 fully saturated rings. The van der Waals surface area contributed by atoms with Gasteiger partial charge in [-0.2, -0.15) is 5.10 Å². The number of fused-ring (bicyclic) bond motifs is 1. The number of nitrogens with zero attached hydrogens (tertiary/aromatic N) is 5. The van der Waals surface area contributed by atoms with E-state index in [1.54, 1.807) is 42.4 Å². The van der Waals surface area contributed by atoms with Crippen LogP contribution >= 0.6 is 0 Å². The van der Waals surface area contributed by atoms with E-state index in [-0.39, 0.29) is 23.0 Å². The van der Waals surface area contributed by atoms with Crippen LogP contribution < -0.4 is 10.5 Å². The van der Waals surface area contributed by atoms with Crippen LogP contribution in [0.15, 0.2) is 47.5 Å². The summed E-state index contributed by atoms with van der Waals surface area (Å²) in [6, 6.07) is 8.43. The Morgan fingerprint density at radius 1 is 1.07 bits per heavy atom. The van der Waals surface area contributed by atoms with E-state index in [0.29, 0.717) is 42.6 Å². The first-order valence-electron chi connectivity index (χ1n) is 8.65. The van der Waals surface area contributed by atoms with Crippen molar-refractivity contribution in [1.82, 2.24) is 19.7 Å². The molecule has 1 amide bonds. The fourth-order valence-electron chi connectivity index (χ4n) is 3.35. The van der Waals surface area contributed by atoms with Gasteiger partial charge in [0.2, 0.25) is 0 Å². The standard InChI is InChI=1S/C19H18FN5O2/c1-23-18(26)16-5-3-2-4-15(16)17(22-23)19(27)25-8-6-24(7-9-25)14-10-13(20)11-21-12-14/h2-5,10-12H,6-9H2,1H3. The molecule has 1 aliphatic heterocycles. The Hall–Kier alpha value is -3.29. The molecule has 3 aromatic rings. The molecule has 0 unspecified atom stereocenters. The molecular formula is C19H18FN5O2. The average molecular weight is 367 g/mol. The number of hydrogen-bond donors (Lipinski definition) is 0. The smallest absolute Gasteiger partial charge is 0.275 e. The third-order valence-electron chi connectivity index (χ3n) is 4.78. The van der Waals surface area contributed by atoms with Crippen LogP contribution in [0, 0.1) is 5.82 Å². The highest BCUT2D eigenvalue weighted by atomic mass is 19.1. The zero-order valence-corrected chi connectivity index (χ0v) is 14.8. The van der Waals surface area contributed by atoms with Crippen LogP contribution in [-0.2, 0) is 7.05 Å². The van der Waals surface area contributed by atoms with Crippen molar-refractivity contribution in [2.75, 3.05) is 31.1 Å². The summed E-state index contributed by atoms with van der Waals surface area (Å²) < 4.78 is 14.6. The van der Waals surface area contributed by atoms with Crippen molar-refractivity contribution >= 4 is 22.4 Å². The van der Waals surface area contributed by atoms with Crippen LogP contribution in [0.3, 0.4) is 0 Å². The molecule has 3 heterocycles. The molecule has 0 N–H and O–H groups in total. The minimum atomic E-state index is -0.383. The van der Waals surface area contributed by atoms with E-state index in [4.69, 9.17) is 0 Å². The van der Waals surface area contributed by atoms with Gasteiger partial charge >= 0.3 is 0 Å². The maximum Gasteiger partial charge on any atom is 0.275 e. The molecule has 0 bridgehead atoms. The van der Waals surface area contributed by atoms with Crippen molar-refractivity contribution in [1.29, 1.82) is 0 Å². The van der Waals surface area contributed by atoms with Gasteiger partial charge < -0.3 is 9.80 Å². The Bertz CT molecular complexity index is 1070. The summed E-state index contributed by atoms with van der Waals surface area (Å²) >= 11 is 0. The van der Waals surface area contributed by atoms with E-state index in [9.17, 15) is 14.0 Å². The molecular weight excluding hydrogens is 349 g/mol. The number of aromatic nitrogens is 3. The summed E-state index contributed by atoms with van der Waals surface area (Å²) in [6.45, 7) is 2.10. The van der Waals surface area contributed by atoms with E-state index in [1.807, 2.05) is 4.90 Å². The summed E-state index contributed by atoms with van der Waals surface area (Å²) in [6.07, 6.45) is 2.78. The van der Waals surface area contributed by atoms with Gasteiger partial charge in [-0.25, -0.2) is 9.07 Å². The Kier molecular flexibility index (Phi) is 4.31. The van der Waals surface area contributed by atoms with Gasteiger partial charge in [0.05, 0.1) is 23.5 Å². The minimum Gasteiger partial charge on any atom is -0.367 e. The lowest BCUT2D eigenvalue weighted by atomic mass is 10.1. The van der Waals surface area contributed by atoms with Gasteiger partial charge in [-0.3, -0.25) is 14.6 Å². The molecule has 7 nitrogen and oxygen atoms in total. The van der Waals surface area contributed by atoms with Crippen LogP contribution in [0.1, 0.15) is 10.5 Å². The number of aryl methyl sites for hydroxylation is 1. The highest BCUT2D eigenvalue weighted by molar-refractivity contribution is 6.04. The lowest BCUT2D eigenvalue weighted by Crippen LogP contribution is -2.49. The van der Waals surface area contributed by atoms with Crippen LogP contribution in [0.5, 0.6) is 0 Å². The van der Waals surface area contributed by atoms with Gasteiger partial charge in [-0.15, -0.1) is 0 Å². The van der Waals surface area contributed by atoms with E-state index in [2.05, 4.69) is 10.1 Å². The van der Waals surface area contributed by atoms with Gasteiger partial charge in [0, 0.05) is 44.7 Å². The molecule has 1 aliphatic rings. The predicted octanol–water partition coefficient (Wildman–Crippen LogP) is 1.43. The zero-order chi connectivity index (χ0) is 19.0. The van der Waals surface area contributed by atoms with Crippen molar-refractivity contribution in [3.63, 3.8) is 0 Å². The molecule has 2 aromatic heterocycles. The Labute approximate surface area is 154 Å². The number of pyridine rings is 1. The molecule has 4 rings (SSSR count). The molecule has 0 spiro atoms. The second-order valence-corrected chi connectivity index (χ2v) is 6.46. The van der Waals surface area contributed by atoms with E-state index in [0.717, 1.165) is 0 Å². The van der Waals surface area contributed by atoms with Crippen molar-refractivity contribution in [2.24, 2.45) is 7.05 Å². The van der Waals surface area contributed by atoms with E-state index in [1.165, 1.54) is 16.9 Å². The Morgan fingerprint density at radius 2 is 1.78 bits per heavy atom. The SMILES string of the molecule is Cn1nc(C(=O)N2CCN(c3cncc(F)c3)CC2)c2ccccc2c1=O. The quantitative estimate of drug-likeness (QED) is 0.685. The number of carbonyl (C=O) groups excluding carboxylic acids is 1. The van der Waals surface area contributed by atoms with Crippen molar-refractivity contribution < 1.29 is 9.18 Å². The predicted molar refractivity (Wildman–Crippen MR) is 99.3 cm³/mol. The lowest BCUT2D eigenvalue weighted by Gasteiger charge is -2.35. The highest BCUT2D eigenvalue weighted by Gasteiger charge is 2.25. The first-order valence-corrected chi connectivity index (χ1v) is 8.65. The van der Waals surface area contributed by atoms with Crippen molar-refractivity contribution in [3.05, 3.63) is 64.6 Å². The fraction of sp³-hybridized carbons (Fsp3) is 0.263. The Balaban J connectivity index is 1.58. The molecule has 0 aliphatic carbocycles. The average Bonchev–Trinajstić information content (AvgIpc) is 2.70. The molecule has 1 aromatic carbocycles. The summed E-state index contributed by atoms with van der Waals surface area (Å²) in [5.41, 5.74) is 0.743. The first kappa shape index (κ1) is 17.1. The normalized spacial score (nSPS) is 14.6. The third kappa shape index (κ3) is 3.14. The van der Waals surface area contributed by atoms with Gasteiger partial charge in [0.1, 0.15) is 5.82 Å². The molecule has 27 heavy (non-hydrogen) atoms. The number of anilines is 1. The van der Waals surface area contributed by atoms with Crippen LogP contribution in [0.2, 0.25) is 0 Å². The maximum atomic E-state index is 13.4. The van der Waals surface area contributed by atoms with Gasteiger partial charge in [0.15, 0.2) is 5.69 Å². The zero-order valence-electron chi connectivity index (χ0n) is 14.8. The summed E-state index contributed by atoms with van der Waals surface area (Å²) in [7, 11) is 1.54. The number of amides is 1. The van der Waals surface area contributed by atoms with Crippen LogP contribution in [0.4, 0.5) is 10.1 Å². The number of halogens is 1. The molecule has 0 atom stereocenters. The maximum absolute atomic E-state index is 13.4. The largest absolute Gasteiger partial charge is 0.367 e. The first-order chi connectivity index (χ1) is 13.0. The molecule has 0 radical (unpaired) electrons. The second-order valence-electron chi connectivity index (χ2n) is 6.46. The van der Waals surface area contributed by atoms with E-state index >= 15 is 0 Å². The number of piperazine rings is 1. The van der Waals surface area contributed by atoms with Crippen molar-refractivity contribution in [3.8, 4) is 0 Å². The minimum absolute atomic E-state index is 0.209. The number of carbonyl (C=O) groups is 1. The topological polar surface area (TPSA) is 71.3 Å². The van der Waals surface area contributed by atoms with Crippen LogP contribution in [-0.4, -0.2) is 51.8 Å². The number of hydrogen-bond acceptors (Lipinski definition) is 5. The van der Waals surface area contributed by atoms with Gasteiger partial charge in [0.25, 0.3) is 11.5 Å². The van der Waals surface area contributed by atoms with Crippen molar-refractivity contribution in [2.45, 2.75) is 0 Å². The number of rotatable bonds is 2. The highest BCUT2D eigenvalue weighted by Crippen LogP contribution is 2.19. The second kappa shape index (κ2) is 6.79. The summed E-state index contributed by atoms with van der Waals surface area (Å²) in [5, 5.41) is 5.24. The lowest BCUT2D eigenvalue weighted by molar-refractivity contribution is 0.0740. The summed E-state index contributed by atoms with van der Waals surface area (Å²) in [4.78, 5) is 32.8. The molecule has 0 saturated carbocycles. The van der Waals surface area contributed by atoms with E-state index < -0.39 is 0 Å².